The first-order valence-electron chi connectivity index (χ1n) is 8.99. The second kappa shape index (κ2) is 9.28. The number of methoxy groups -OCH3 is 2. The van der Waals surface area contributed by atoms with Gasteiger partial charge in [0.1, 0.15) is 5.69 Å². The lowest BCUT2D eigenvalue weighted by molar-refractivity contribution is 0.100. The van der Waals surface area contributed by atoms with Crippen LogP contribution in [-0.2, 0) is 10.0 Å². The average molecular weight is 437 g/mol. The van der Waals surface area contributed by atoms with Gasteiger partial charge in [0, 0.05) is 29.6 Å². The molecule has 0 atom stereocenters. The van der Waals surface area contributed by atoms with Crippen LogP contribution >= 0.6 is 0 Å². The van der Waals surface area contributed by atoms with Crippen LogP contribution in [0.5, 0.6) is 11.8 Å². The lowest BCUT2D eigenvalue weighted by Gasteiger charge is -2.22. The Morgan fingerprint density at radius 2 is 1.68 bits per heavy atom. The van der Waals surface area contributed by atoms with Crippen LogP contribution in [0.25, 0.3) is 0 Å². The van der Waals surface area contributed by atoms with Gasteiger partial charge in [-0.3, -0.25) is 9.78 Å². The first-order valence-corrected chi connectivity index (χ1v) is 10.8. The van der Waals surface area contributed by atoms with Gasteiger partial charge in [-0.2, -0.15) is 9.29 Å². The van der Waals surface area contributed by atoms with Crippen molar-refractivity contribution in [3.63, 3.8) is 0 Å². The van der Waals surface area contributed by atoms with Crippen molar-refractivity contribution >= 4 is 21.6 Å². The lowest BCUT2D eigenvalue weighted by atomic mass is 10.1. The molecule has 9 heteroatoms. The molecule has 2 aromatic heterocycles. The molecule has 3 aromatic rings. The predicted molar refractivity (Wildman–Crippen MR) is 116 cm³/mol. The zero-order valence-corrected chi connectivity index (χ0v) is 17.9. The summed E-state index contributed by atoms with van der Waals surface area (Å²) >= 11 is 0. The zero-order chi connectivity index (χ0) is 22.4. The van der Waals surface area contributed by atoms with Gasteiger partial charge in [0.2, 0.25) is 21.8 Å². The summed E-state index contributed by atoms with van der Waals surface area (Å²) in [5, 5.41) is 0. The van der Waals surface area contributed by atoms with E-state index in [1.165, 1.54) is 44.8 Å². The molecule has 0 unspecified atom stereocenters. The van der Waals surface area contributed by atoms with E-state index in [0.29, 0.717) is 9.87 Å². The lowest BCUT2D eigenvalue weighted by Crippen LogP contribution is -2.36. The third kappa shape index (κ3) is 5.18. The fraction of sp³-hybridized carbons (Fsp3) is 0.136. The van der Waals surface area contributed by atoms with Crippen LogP contribution in [0.15, 0.2) is 60.9 Å². The standard InChI is InChI=1S/C22H19N3O5S/c1-29-20-12-11-19(21(24-20)30-2)25(31(3,27)28)22(26)18-13-17(14-23-15-18)10-9-16-7-5-4-6-8-16/h4-8,11-15H,1-3H3. The van der Waals surface area contributed by atoms with E-state index in [9.17, 15) is 13.2 Å². The summed E-state index contributed by atoms with van der Waals surface area (Å²) in [7, 11) is -1.30. The molecule has 0 spiro atoms. The van der Waals surface area contributed by atoms with Crippen molar-refractivity contribution in [2.75, 3.05) is 24.8 Å². The van der Waals surface area contributed by atoms with Gasteiger partial charge in [-0.25, -0.2) is 8.42 Å². The molecule has 158 valence electrons. The minimum Gasteiger partial charge on any atom is -0.481 e. The second-order valence-electron chi connectivity index (χ2n) is 6.29. The Balaban J connectivity index is 2.02. The number of hydrogen-bond acceptors (Lipinski definition) is 7. The molecule has 0 N–H and O–H groups in total. The van der Waals surface area contributed by atoms with Gasteiger partial charge in [0.15, 0.2) is 0 Å². The monoisotopic (exact) mass is 437 g/mol. The average Bonchev–Trinajstić information content (AvgIpc) is 2.78. The normalized spacial score (nSPS) is 10.5. The summed E-state index contributed by atoms with van der Waals surface area (Å²) < 4.78 is 35.8. The van der Waals surface area contributed by atoms with E-state index in [2.05, 4.69) is 21.8 Å². The number of carbonyl (C=O) groups is 1. The molecule has 1 aromatic carbocycles. The number of anilines is 1. The van der Waals surface area contributed by atoms with Crippen molar-refractivity contribution in [3.05, 3.63) is 77.6 Å². The maximum Gasteiger partial charge on any atom is 0.273 e. The number of hydrogen-bond donors (Lipinski definition) is 0. The van der Waals surface area contributed by atoms with Crippen LogP contribution in [0.3, 0.4) is 0 Å². The number of benzene rings is 1. The maximum absolute atomic E-state index is 13.2. The van der Waals surface area contributed by atoms with Gasteiger partial charge < -0.3 is 9.47 Å². The van der Waals surface area contributed by atoms with Gasteiger partial charge >= 0.3 is 0 Å². The van der Waals surface area contributed by atoms with E-state index in [0.717, 1.165) is 11.8 Å². The third-order valence-corrected chi connectivity index (χ3v) is 5.09. The molecule has 0 aliphatic rings. The number of ether oxygens (including phenoxy) is 2. The molecule has 0 fully saturated rings. The van der Waals surface area contributed by atoms with Gasteiger partial charge in [0.05, 0.1) is 26.0 Å². The van der Waals surface area contributed by atoms with E-state index in [4.69, 9.17) is 9.47 Å². The molecule has 8 nitrogen and oxygen atoms in total. The van der Waals surface area contributed by atoms with Crippen LogP contribution in [0.1, 0.15) is 21.5 Å². The summed E-state index contributed by atoms with van der Waals surface area (Å²) in [6.07, 6.45) is 3.69. The Morgan fingerprint density at radius 1 is 0.968 bits per heavy atom. The Hall–Kier alpha value is -3.90. The van der Waals surface area contributed by atoms with Gasteiger partial charge in [0.25, 0.3) is 5.91 Å². The number of sulfonamides is 1. The fourth-order valence-corrected chi connectivity index (χ4v) is 3.58. The molecule has 2 heterocycles. The molecule has 1 amide bonds. The summed E-state index contributed by atoms with van der Waals surface area (Å²) in [6, 6.07) is 13.6. The number of carbonyl (C=O) groups excluding carboxylic acids is 1. The van der Waals surface area contributed by atoms with Crippen LogP contribution in [-0.4, -0.2) is 44.8 Å². The van der Waals surface area contributed by atoms with E-state index in [1.54, 1.807) is 0 Å². The zero-order valence-electron chi connectivity index (χ0n) is 17.1. The summed E-state index contributed by atoms with van der Waals surface area (Å²) in [5.74, 6) is 5.21. The van der Waals surface area contributed by atoms with Crippen molar-refractivity contribution in [2.45, 2.75) is 0 Å². The smallest absolute Gasteiger partial charge is 0.273 e. The van der Waals surface area contributed by atoms with E-state index >= 15 is 0 Å². The Labute approximate surface area is 180 Å². The van der Waals surface area contributed by atoms with Crippen molar-refractivity contribution in [3.8, 4) is 23.6 Å². The van der Waals surface area contributed by atoms with Crippen molar-refractivity contribution in [1.82, 2.24) is 9.97 Å². The second-order valence-corrected chi connectivity index (χ2v) is 8.12. The number of rotatable bonds is 5. The molecule has 31 heavy (non-hydrogen) atoms. The third-order valence-electron chi connectivity index (χ3n) is 4.06. The molecule has 0 aliphatic heterocycles. The Kier molecular flexibility index (Phi) is 6.52. The molecule has 0 aliphatic carbocycles. The predicted octanol–water partition coefficient (Wildman–Crippen LogP) is 2.50. The van der Waals surface area contributed by atoms with Gasteiger partial charge in [-0.15, -0.1) is 0 Å². The topological polar surface area (TPSA) is 98.7 Å². The van der Waals surface area contributed by atoms with Crippen LogP contribution < -0.4 is 13.8 Å². The first kappa shape index (κ1) is 21.8. The van der Waals surface area contributed by atoms with Crippen LogP contribution in [0.2, 0.25) is 0 Å². The summed E-state index contributed by atoms with van der Waals surface area (Å²) in [4.78, 5) is 21.3. The molecule has 0 radical (unpaired) electrons. The van der Waals surface area contributed by atoms with Crippen LogP contribution in [0.4, 0.5) is 5.69 Å². The quantitative estimate of drug-likeness (QED) is 0.566. The van der Waals surface area contributed by atoms with E-state index in [1.807, 2.05) is 30.3 Å². The summed E-state index contributed by atoms with van der Waals surface area (Å²) in [5.41, 5.74) is 1.26. The molecular weight excluding hydrogens is 418 g/mol. The Morgan fingerprint density at radius 3 is 2.32 bits per heavy atom. The first-order chi connectivity index (χ1) is 14.8. The van der Waals surface area contributed by atoms with Crippen molar-refractivity contribution in [2.24, 2.45) is 0 Å². The Bertz CT molecular complexity index is 1270. The van der Waals surface area contributed by atoms with Gasteiger partial charge in [-0.05, 0) is 24.3 Å². The molecule has 0 bridgehead atoms. The van der Waals surface area contributed by atoms with E-state index in [-0.39, 0.29) is 23.0 Å². The van der Waals surface area contributed by atoms with Crippen molar-refractivity contribution in [1.29, 1.82) is 0 Å². The van der Waals surface area contributed by atoms with Crippen LogP contribution in [0, 0.1) is 11.8 Å². The number of amides is 1. The van der Waals surface area contributed by atoms with Gasteiger partial charge in [-0.1, -0.05) is 30.0 Å². The highest BCUT2D eigenvalue weighted by Gasteiger charge is 2.30. The highest BCUT2D eigenvalue weighted by molar-refractivity contribution is 7.92. The molecule has 0 saturated heterocycles. The number of nitrogens with zero attached hydrogens (tertiary/aromatic N) is 3. The largest absolute Gasteiger partial charge is 0.481 e. The summed E-state index contributed by atoms with van der Waals surface area (Å²) in [6.45, 7) is 0. The minimum absolute atomic E-state index is 0.0446. The fourth-order valence-electron chi connectivity index (χ4n) is 2.68. The maximum atomic E-state index is 13.2. The SMILES string of the molecule is COc1ccc(N(C(=O)c2cncc(C#Cc3ccccc3)c2)S(C)(=O)=O)c(OC)n1. The highest BCUT2D eigenvalue weighted by Crippen LogP contribution is 2.31. The number of aromatic nitrogens is 2. The van der Waals surface area contributed by atoms with Crippen molar-refractivity contribution < 1.29 is 22.7 Å². The van der Waals surface area contributed by atoms with E-state index < -0.39 is 15.9 Å². The molecule has 3 rings (SSSR count). The number of pyridine rings is 2. The molecule has 0 saturated carbocycles. The highest BCUT2D eigenvalue weighted by atomic mass is 32.2. The molecular formula is C22H19N3O5S. The minimum atomic E-state index is -4.03.